The second-order valence-corrected chi connectivity index (χ2v) is 9.12. The fourth-order valence-corrected chi connectivity index (χ4v) is 5.19. The summed E-state index contributed by atoms with van der Waals surface area (Å²) in [5.74, 6) is 1.14. The van der Waals surface area contributed by atoms with Crippen LogP contribution in [0.2, 0.25) is 5.02 Å². The molecule has 0 spiro atoms. The zero-order valence-corrected chi connectivity index (χ0v) is 19.6. The lowest BCUT2D eigenvalue weighted by Crippen LogP contribution is -2.30. The summed E-state index contributed by atoms with van der Waals surface area (Å²) >= 11 is 6.14. The summed E-state index contributed by atoms with van der Waals surface area (Å²) in [4.78, 5) is 12.4. The molecule has 1 aliphatic rings. The lowest BCUT2D eigenvalue weighted by Gasteiger charge is -2.21. The molecule has 1 N–H and O–H groups in total. The number of carbonyl (C=O) groups is 1. The molecular weight excluding hydrogens is 456 g/mol. The Balaban J connectivity index is 1.79. The predicted molar refractivity (Wildman–Crippen MR) is 123 cm³/mol. The van der Waals surface area contributed by atoms with E-state index in [1.54, 1.807) is 38.1 Å². The van der Waals surface area contributed by atoms with Crippen molar-refractivity contribution in [3.8, 4) is 17.2 Å². The molecule has 1 heterocycles. The molecule has 8 nitrogen and oxygen atoms in total. The normalized spacial score (nSPS) is 13.4. The van der Waals surface area contributed by atoms with Crippen molar-refractivity contribution in [3.05, 3.63) is 47.0 Å². The number of ether oxygens (including phenoxy) is 3. The van der Waals surface area contributed by atoms with Gasteiger partial charge in [0.05, 0.1) is 12.1 Å². The largest absolute Gasteiger partial charge is 0.493 e. The molecular formula is C22H25ClN2O6S. The molecule has 3 rings (SSSR count). The van der Waals surface area contributed by atoms with Crippen LogP contribution in [0, 0.1) is 0 Å². The van der Waals surface area contributed by atoms with E-state index < -0.39 is 15.9 Å². The maximum atomic E-state index is 12.8. The number of methoxy groups -OCH3 is 1. The van der Waals surface area contributed by atoms with Crippen molar-refractivity contribution in [1.82, 2.24) is 4.31 Å². The molecule has 32 heavy (non-hydrogen) atoms. The Morgan fingerprint density at radius 2 is 1.91 bits per heavy atom. The monoisotopic (exact) mass is 480 g/mol. The summed E-state index contributed by atoms with van der Waals surface area (Å²) in [5, 5.41) is 2.75. The highest BCUT2D eigenvalue weighted by atomic mass is 35.5. The average molecular weight is 481 g/mol. The van der Waals surface area contributed by atoms with Gasteiger partial charge in [0.25, 0.3) is 0 Å². The molecule has 0 fully saturated rings. The number of benzene rings is 2. The Labute approximate surface area is 192 Å². The molecule has 2 aromatic rings. The zero-order chi connectivity index (χ0) is 23.3. The van der Waals surface area contributed by atoms with Gasteiger partial charge in [0.1, 0.15) is 18.1 Å². The van der Waals surface area contributed by atoms with E-state index in [1.807, 2.05) is 0 Å². The van der Waals surface area contributed by atoms with Gasteiger partial charge < -0.3 is 19.5 Å². The first-order valence-corrected chi connectivity index (χ1v) is 11.9. The summed E-state index contributed by atoms with van der Waals surface area (Å²) in [7, 11) is -2.24. The van der Waals surface area contributed by atoms with Gasteiger partial charge in [-0.2, -0.15) is 4.31 Å². The predicted octanol–water partition coefficient (Wildman–Crippen LogP) is 3.80. The number of nitrogens with zero attached hydrogens (tertiary/aromatic N) is 1. The summed E-state index contributed by atoms with van der Waals surface area (Å²) in [5.41, 5.74) is 0.997. The zero-order valence-electron chi connectivity index (χ0n) is 18.1. The molecule has 1 amide bonds. The highest BCUT2D eigenvalue weighted by molar-refractivity contribution is 7.89. The van der Waals surface area contributed by atoms with Crippen LogP contribution in [-0.2, 0) is 14.8 Å². The number of hydrogen-bond donors (Lipinski definition) is 1. The number of rotatable bonds is 8. The maximum Gasteiger partial charge on any atom is 0.248 e. The molecule has 0 aliphatic carbocycles. The summed E-state index contributed by atoms with van der Waals surface area (Å²) in [6.45, 7) is 4.99. The number of halogens is 1. The number of nitrogens with one attached hydrogen (secondary N) is 1. The summed E-state index contributed by atoms with van der Waals surface area (Å²) < 4.78 is 43.4. The topological polar surface area (TPSA) is 94.2 Å². The van der Waals surface area contributed by atoms with Crippen LogP contribution >= 0.6 is 11.6 Å². The molecule has 0 unspecified atom stereocenters. The first-order valence-electron chi connectivity index (χ1n) is 10.1. The lowest BCUT2D eigenvalue weighted by atomic mass is 10.1. The van der Waals surface area contributed by atoms with Crippen LogP contribution in [-0.4, -0.2) is 52.0 Å². The molecule has 0 saturated heterocycles. The Bertz CT molecular complexity index is 1110. The standard InChI is InChI=1S/C22H25ClN2O6S/c1-4-25(5-2)32(27,28)20-14-16(7-8-17(20)23)24-21(26)9-6-15-12-18(29-3)22-19(13-15)30-10-11-31-22/h6-9,12-14H,4-5,10-11H2,1-3H3,(H,24,26)/b9-6+. The third-order valence-corrected chi connectivity index (χ3v) is 7.33. The summed E-state index contributed by atoms with van der Waals surface area (Å²) in [6.07, 6.45) is 2.93. The summed E-state index contributed by atoms with van der Waals surface area (Å²) in [6, 6.07) is 7.83. The minimum atomic E-state index is -3.77. The molecule has 10 heteroatoms. The van der Waals surface area contributed by atoms with Crippen molar-refractivity contribution >= 4 is 39.3 Å². The van der Waals surface area contributed by atoms with E-state index in [0.717, 1.165) is 0 Å². The fraction of sp³-hybridized carbons (Fsp3) is 0.318. The molecule has 1 aliphatic heterocycles. The van der Waals surface area contributed by atoms with Crippen molar-refractivity contribution in [3.63, 3.8) is 0 Å². The van der Waals surface area contributed by atoms with Crippen molar-refractivity contribution < 1.29 is 27.4 Å². The Morgan fingerprint density at radius 1 is 1.19 bits per heavy atom. The van der Waals surface area contributed by atoms with Crippen LogP contribution in [0.1, 0.15) is 19.4 Å². The Hall–Kier alpha value is -2.75. The van der Waals surface area contributed by atoms with Crippen LogP contribution in [0.25, 0.3) is 6.08 Å². The molecule has 0 bridgehead atoms. The fourth-order valence-electron chi connectivity index (χ4n) is 3.23. The van der Waals surface area contributed by atoms with E-state index in [9.17, 15) is 13.2 Å². The molecule has 0 aromatic heterocycles. The second-order valence-electron chi connectivity index (χ2n) is 6.80. The van der Waals surface area contributed by atoms with E-state index in [2.05, 4.69) is 5.32 Å². The van der Waals surface area contributed by atoms with E-state index in [1.165, 1.54) is 29.6 Å². The van der Waals surface area contributed by atoms with Gasteiger partial charge in [-0.05, 0) is 42.0 Å². The van der Waals surface area contributed by atoms with Crippen LogP contribution in [0.15, 0.2) is 41.3 Å². The maximum absolute atomic E-state index is 12.8. The third kappa shape index (κ3) is 5.17. The van der Waals surface area contributed by atoms with Gasteiger partial charge in [-0.1, -0.05) is 25.4 Å². The smallest absolute Gasteiger partial charge is 0.248 e. The van der Waals surface area contributed by atoms with Crippen LogP contribution < -0.4 is 19.5 Å². The van der Waals surface area contributed by atoms with Gasteiger partial charge in [0, 0.05) is 24.9 Å². The van der Waals surface area contributed by atoms with Crippen molar-refractivity contribution in [2.45, 2.75) is 18.7 Å². The van der Waals surface area contributed by atoms with Crippen LogP contribution in [0.3, 0.4) is 0 Å². The van der Waals surface area contributed by atoms with Crippen molar-refractivity contribution in [1.29, 1.82) is 0 Å². The third-order valence-electron chi connectivity index (χ3n) is 4.80. The highest BCUT2D eigenvalue weighted by Crippen LogP contribution is 2.40. The Morgan fingerprint density at radius 3 is 2.59 bits per heavy atom. The molecule has 0 radical (unpaired) electrons. The lowest BCUT2D eigenvalue weighted by molar-refractivity contribution is -0.111. The number of hydrogen-bond acceptors (Lipinski definition) is 6. The molecule has 0 saturated carbocycles. The molecule has 0 atom stereocenters. The quantitative estimate of drug-likeness (QED) is 0.577. The van der Waals surface area contributed by atoms with Gasteiger partial charge in [-0.3, -0.25) is 4.79 Å². The number of amides is 1. The van der Waals surface area contributed by atoms with Crippen LogP contribution in [0.4, 0.5) is 5.69 Å². The van der Waals surface area contributed by atoms with E-state index >= 15 is 0 Å². The van der Waals surface area contributed by atoms with E-state index in [4.69, 9.17) is 25.8 Å². The number of carbonyl (C=O) groups excluding carboxylic acids is 1. The van der Waals surface area contributed by atoms with Gasteiger partial charge >= 0.3 is 0 Å². The van der Waals surface area contributed by atoms with Gasteiger partial charge in [-0.25, -0.2) is 8.42 Å². The number of anilines is 1. The minimum absolute atomic E-state index is 0.0544. The van der Waals surface area contributed by atoms with Crippen LogP contribution in [0.5, 0.6) is 17.2 Å². The van der Waals surface area contributed by atoms with Gasteiger partial charge in [-0.15, -0.1) is 0 Å². The molecule has 172 valence electrons. The average Bonchev–Trinajstić information content (AvgIpc) is 2.78. The first kappa shape index (κ1) is 23.9. The molecule has 2 aromatic carbocycles. The second kappa shape index (κ2) is 10.2. The number of fused-ring (bicyclic) bond motifs is 1. The van der Waals surface area contributed by atoms with E-state index in [-0.39, 0.29) is 9.92 Å². The minimum Gasteiger partial charge on any atom is -0.493 e. The SMILES string of the molecule is CCN(CC)S(=O)(=O)c1cc(NC(=O)/C=C/c2cc(OC)c3c(c2)OCCO3)ccc1Cl. The van der Waals surface area contributed by atoms with Gasteiger partial charge in [0.2, 0.25) is 21.7 Å². The van der Waals surface area contributed by atoms with Crippen molar-refractivity contribution in [2.75, 3.05) is 38.7 Å². The first-order chi connectivity index (χ1) is 15.3. The highest BCUT2D eigenvalue weighted by Gasteiger charge is 2.25. The van der Waals surface area contributed by atoms with E-state index in [0.29, 0.717) is 54.8 Å². The van der Waals surface area contributed by atoms with Crippen molar-refractivity contribution in [2.24, 2.45) is 0 Å². The number of sulfonamides is 1. The Kier molecular flexibility index (Phi) is 7.65. The van der Waals surface area contributed by atoms with Gasteiger partial charge in [0.15, 0.2) is 11.5 Å².